The molecule has 0 saturated carbocycles. The molecule has 0 bridgehead atoms. The van der Waals surface area contributed by atoms with Crippen LogP contribution in [0.3, 0.4) is 0 Å². The third kappa shape index (κ3) is 1.62. The first-order chi connectivity index (χ1) is 4.34. The van der Waals surface area contributed by atoms with Crippen molar-refractivity contribution >= 4 is 0 Å². The van der Waals surface area contributed by atoms with Crippen LogP contribution in [0, 0.1) is 0 Å². The molecule has 0 aromatic carbocycles. The molecule has 1 aliphatic heterocycles. The maximum absolute atomic E-state index is 8.58. The summed E-state index contributed by atoms with van der Waals surface area (Å²) in [6.45, 7) is 0.984. The number of aliphatic hydroxyl groups is 1. The molecule has 9 heavy (non-hydrogen) atoms. The van der Waals surface area contributed by atoms with E-state index in [1.807, 2.05) is 0 Å². The Morgan fingerprint density at radius 3 is 2.56 bits per heavy atom. The second-order valence-electron chi connectivity index (χ2n) is 1.93. The fraction of sp³-hybridized carbons (Fsp3) is 1.00. The molecule has 0 amide bonds. The highest BCUT2D eigenvalue weighted by atomic mass is 16.6. The summed E-state index contributed by atoms with van der Waals surface area (Å²) >= 11 is 0. The van der Waals surface area contributed by atoms with E-state index in [1.165, 1.54) is 0 Å². The molecule has 1 rings (SSSR count). The zero-order valence-electron chi connectivity index (χ0n) is 5.12. The van der Waals surface area contributed by atoms with Crippen LogP contribution in [0.4, 0.5) is 0 Å². The minimum absolute atomic E-state index is 0.0683. The topological polar surface area (TPSA) is 64.7 Å². The summed E-state index contributed by atoms with van der Waals surface area (Å²) in [7, 11) is 0. The molecule has 1 heterocycles. The van der Waals surface area contributed by atoms with Gasteiger partial charge in [0.25, 0.3) is 0 Å². The first kappa shape index (κ1) is 6.95. The Morgan fingerprint density at radius 2 is 2.11 bits per heavy atom. The lowest BCUT2D eigenvalue weighted by Crippen LogP contribution is -2.46. The molecule has 0 radical (unpaired) electrons. The van der Waals surface area contributed by atoms with E-state index in [2.05, 4.69) is 0 Å². The van der Waals surface area contributed by atoms with Gasteiger partial charge in [-0.05, 0) is 0 Å². The van der Waals surface area contributed by atoms with Crippen molar-refractivity contribution in [2.75, 3.05) is 19.8 Å². The number of aliphatic hydroxyl groups excluding tert-OH is 1. The van der Waals surface area contributed by atoms with E-state index in [-0.39, 0.29) is 12.7 Å². The SMILES string of the molecule is NC1OCCOC1CO. The zero-order chi connectivity index (χ0) is 6.69. The van der Waals surface area contributed by atoms with Gasteiger partial charge in [-0.2, -0.15) is 0 Å². The Labute approximate surface area is 53.6 Å². The van der Waals surface area contributed by atoms with Gasteiger partial charge in [-0.1, -0.05) is 0 Å². The Morgan fingerprint density at radius 1 is 1.44 bits per heavy atom. The van der Waals surface area contributed by atoms with Crippen molar-refractivity contribution in [1.82, 2.24) is 0 Å². The Bertz CT molecular complexity index is 88.3. The van der Waals surface area contributed by atoms with Gasteiger partial charge < -0.3 is 20.3 Å². The minimum atomic E-state index is -0.455. The molecule has 0 aromatic rings. The first-order valence-corrected chi connectivity index (χ1v) is 2.94. The van der Waals surface area contributed by atoms with E-state index >= 15 is 0 Å². The Hall–Kier alpha value is -0.160. The van der Waals surface area contributed by atoms with Gasteiger partial charge in [0, 0.05) is 0 Å². The molecule has 2 atom stereocenters. The van der Waals surface area contributed by atoms with Crippen molar-refractivity contribution in [3.8, 4) is 0 Å². The van der Waals surface area contributed by atoms with Gasteiger partial charge in [0.1, 0.15) is 12.3 Å². The second kappa shape index (κ2) is 3.12. The van der Waals surface area contributed by atoms with Crippen molar-refractivity contribution in [2.45, 2.75) is 12.3 Å². The largest absolute Gasteiger partial charge is 0.394 e. The molecule has 1 saturated heterocycles. The lowest BCUT2D eigenvalue weighted by Gasteiger charge is -2.27. The van der Waals surface area contributed by atoms with Crippen molar-refractivity contribution in [2.24, 2.45) is 5.73 Å². The smallest absolute Gasteiger partial charge is 0.134 e. The molecule has 1 aliphatic rings. The highest BCUT2D eigenvalue weighted by molar-refractivity contribution is 4.66. The average Bonchev–Trinajstić information content (AvgIpc) is 1.89. The Kier molecular flexibility index (Phi) is 2.41. The number of hydrogen-bond donors (Lipinski definition) is 2. The quantitative estimate of drug-likeness (QED) is 0.465. The summed E-state index contributed by atoms with van der Waals surface area (Å²) in [6, 6.07) is 0. The van der Waals surface area contributed by atoms with Crippen molar-refractivity contribution in [3.63, 3.8) is 0 Å². The predicted molar refractivity (Wildman–Crippen MR) is 30.8 cm³/mol. The standard InChI is InChI=1S/C5H11NO3/c6-5-4(3-7)8-1-2-9-5/h4-5,7H,1-3,6H2. The molecule has 3 N–H and O–H groups in total. The lowest BCUT2D eigenvalue weighted by atomic mass is 10.3. The number of hydrogen-bond acceptors (Lipinski definition) is 4. The molecular weight excluding hydrogens is 122 g/mol. The van der Waals surface area contributed by atoms with E-state index in [0.717, 1.165) is 0 Å². The maximum Gasteiger partial charge on any atom is 0.134 e. The van der Waals surface area contributed by atoms with E-state index < -0.39 is 6.23 Å². The van der Waals surface area contributed by atoms with Crippen LogP contribution in [0.25, 0.3) is 0 Å². The monoisotopic (exact) mass is 133 g/mol. The molecule has 4 nitrogen and oxygen atoms in total. The summed E-state index contributed by atoms with van der Waals surface area (Å²) in [6.07, 6.45) is -0.789. The van der Waals surface area contributed by atoms with Crippen molar-refractivity contribution in [3.05, 3.63) is 0 Å². The summed E-state index contributed by atoms with van der Waals surface area (Å²) in [5.74, 6) is 0. The first-order valence-electron chi connectivity index (χ1n) is 2.94. The lowest BCUT2D eigenvalue weighted by molar-refractivity contribution is -0.150. The molecular formula is C5H11NO3. The summed E-state index contributed by atoms with van der Waals surface area (Å²) in [5, 5.41) is 8.58. The highest BCUT2D eigenvalue weighted by Crippen LogP contribution is 2.03. The van der Waals surface area contributed by atoms with Gasteiger partial charge in [-0.15, -0.1) is 0 Å². The molecule has 4 heteroatoms. The van der Waals surface area contributed by atoms with E-state index in [4.69, 9.17) is 20.3 Å². The van der Waals surface area contributed by atoms with Crippen LogP contribution >= 0.6 is 0 Å². The molecule has 0 aromatic heterocycles. The summed E-state index contributed by atoms with van der Waals surface area (Å²) in [5.41, 5.74) is 5.38. The van der Waals surface area contributed by atoms with Gasteiger partial charge in [0.05, 0.1) is 19.8 Å². The molecule has 54 valence electrons. The van der Waals surface area contributed by atoms with Gasteiger partial charge in [0.15, 0.2) is 0 Å². The number of nitrogens with two attached hydrogens (primary N) is 1. The third-order valence-electron chi connectivity index (χ3n) is 1.27. The van der Waals surface area contributed by atoms with Crippen molar-refractivity contribution in [1.29, 1.82) is 0 Å². The second-order valence-corrected chi connectivity index (χ2v) is 1.93. The average molecular weight is 133 g/mol. The maximum atomic E-state index is 8.58. The number of ether oxygens (including phenoxy) is 2. The fourth-order valence-electron chi connectivity index (χ4n) is 0.742. The van der Waals surface area contributed by atoms with Gasteiger partial charge in [-0.3, -0.25) is 0 Å². The number of rotatable bonds is 1. The minimum Gasteiger partial charge on any atom is -0.394 e. The van der Waals surface area contributed by atoms with Crippen LogP contribution in [-0.2, 0) is 9.47 Å². The van der Waals surface area contributed by atoms with E-state index in [1.54, 1.807) is 0 Å². The van der Waals surface area contributed by atoms with Crippen LogP contribution in [-0.4, -0.2) is 37.3 Å². The van der Waals surface area contributed by atoms with Gasteiger partial charge >= 0.3 is 0 Å². The zero-order valence-corrected chi connectivity index (χ0v) is 5.12. The van der Waals surface area contributed by atoms with Gasteiger partial charge in [0.2, 0.25) is 0 Å². The van der Waals surface area contributed by atoms with Gasteiger partial charge in [-0.25, -0.2) is 0 Å². The van der Waals surface area contributed by atoms with E-state index in [0.29, 0.717) is 13.2 Å². The van der Waals surface area contributed by atoms with Crippen LogP contribution in [0.2, 0.25) is 0 Å². The Balaban J connectivity index is 2.30. The molecule has 0 spiro atoms. The fourth-order valence-corrected chi connectivity index (χ4v) is 0.742. The van der Waals surface area contributed by atoms with Crippen LogP contribution < -0.4 is 5.73 Å². The van der Waals surface area contributed by atoms with Crippen LogP contribution in [0.15, 0.2) is 0 Å². The summed E-state index contributed by atoms with van der Waals surface area (Å²) in [4.78, 5) is 0. The molecule has 1 fully saturated rings. The summed E-state index contributed by atoms with van der Waals surface area (Å²) < 4.78 is 10.0. The van der Waals surface area contributed by atoms with E-state index in [9.17, 15) is 0 Å². The normalized spacial score (nSPS) is 36.7. The van der Waals surface area contributed by atoms with Crippen LogP contribution in [0.5, 0.6) is 0 Å². The molecule has 0 aliphatic carbocycles. The predicted octanol–water partition coefficient (Wildman–Crippen LogP) is -1.32. The third-order valence-corrected chi connectivity index (χ3v) is 1.27. The van der Waals surface area contributed by atoms with Crippen LogP contribution in [0.1, 0.15) is 0 Å². The highest BCUT2D eigenvalue weighted by Gasteiger charge is 2.21. The molecule has 2 unspecified atom stereocenters. The van der Waals surface area contributed by atoms with Crippen molar-refractivity contribution < 1.29 is 14.6 Å².